The van der Waals surface area contributed by atoms with Gasteiger partial charge in [0.1, 0.15) is 5.76 Å². The normalized spacial score (nSPS) is 17.4. The van der Waals surface area contributed by atoms with Crippen LogP contribution in [0.5, 0.6) is 0 Å². The van der Waals surface area contributed by atoms with Gasteiger partial charge in [-0.15, -0.1) is 0 Å². The molecular weight excluding hydrogens is 412 g/mol. The molecule has 3 aromatic carbocycles. The van der Waals surface area contributed by atoms with Gasteiger partial charge >= 0.3 is 0 Å². The molecule has 0 saturated carbocycles. The monoisotopic (exact) mass is 440 g/mol. The standard InChI is InChI=1S/C28H28N2O3/c1-4-29(5-2)22-14-16-23(17-15-22)30-25(21-13-9-10-19(3)18-21)24(27(32)28(30)33)26(31)20-11-7-6-8-12-20/h6-18,25,31H,4-5H2,1-3H3/b26-24-. The largest absolute Gasteiger partial charge is 0.507 e. The van der Waals surface area contributed by atoms with E-state index in [1.165, 1.54) is 4.90 Å². The number of benzene rings is 3. The summed E-state index contributed by atoms with van der Waals surface area (Å²) in [6.07, 6.45) is 0. The zero-order valence-corrected chi connectivity index (χ0v) is 19.2. The van der Waals surface area contributed by atoms with Gasteiger partial charge in [-0.05, 0) is 50.6 Å². The fourth-order valence-electron chi connectivity index (χ4n) is 4.42. The molecule has 0 aliphatic carbocycles. The van der Waals surface area contributed by atoms with E-state index in [0.29, 0.717) is 11.3 Å². The second-order valence-electron chi connectivity index (χ2n) is 8.14. The molecule has 1 saturated heterocycles. The number of carbonyl (C=O) groups excluding carboxylic acids is 2. The second-order valence-corrected chi connectivity index (χ2v) is 8.14. The van der Waals surface area contributed by atoms with Gasteiger partial charge in [0.2, 0.25) is 0 Å². The Bertz CT molecular complexity index is 1200. The smallest absolute Gasteiger partial charge is 0.300 e. The van der Waals surface area contributed by atoms with Gasteiger partial charge in [0.25, 0.3) is 11.7 Å². The topological polar surface area (TPSA) is 60.9 Å². The third kappa shape index (κ3) is 4.14. The van der Waals surface area contributed by atoms with Crippen LogP contribution in [0.3, 0.4) is 0 Å². The lowest BCUT2D eigenvalue weighted by Crippen LogP contribution is -2.29. The maximum atomic E-state index is 13.3. The molecule has 1 amide bonds. The first-order chi connectivity index (χ1) is 16.0. The summed E-state index contributed by atoms with van der Waals surface area (Å²) in [6, 6.07) is 23.5. The van der Waals surface area contributed by atoms with Crippen LogP contribution in [-0.4, -0.2) is 29.9 Å². The lowest BCUT2D eigenvalue weighted by atomic mass is 9.94. The van der Waals surface area contributed by atoms with Gasteiger partial charge < -0.3 is 10.0 Å². The minimum Gasteiger partial charge on any atom is -0.507 e. The van der Waals surface area contributed by atoms with Crippen LogP contribution in [0.15, 0.2) is 84.4 Å². The van der Waals surface area contributed by atoms with Crippen molar-refractivity contribution < 1.29 is 14.7 Å². The molecule has 1 atom stereocenters. The number of amides is 1. The van der Waals surface area contributed by atoms with E-state index in [2.05, 4.69) is 18.7 Å². The third-order valence-corrected chi connectivity index (χ3v) is 6.11. The Balaban J connectivity index is 1.87. The van der Waals surface area contributed by atoms with Crippen LogP contribution in [0.1, 0.15) is 36.6 Å². The minimum atomic E-state index is -0.718. The van der Waals surface area contributed by atoms with Crippen molar-refractivity contribution in [3.05, 3.63) is 101 Å². The molecule has 4 rings (SSSR count). The molecule has 3 aromatic rings. The molecule has 1 unspecified atom stereocenters. The van der Waals surface area contributed by atoms with Crippen LogP contribution < -0.4 is 9.80 Å². The highest BCUT2D eigenvalue weighted by Gasteiger charge is 2.47. The molecule has 0 bridgehead atoms. The average molecular weight is 441 g/mol. The van der Waals surface area contributed by atoms with Crippen LogP contribution in [0.2, 0.25) is 0 Å². The zero-order chi connectivity index (χ0) is 23.5. The number of nitrogens with zero attached hydrogens (tertiary/aromatic N) is 2. The third-order valence-electron chi connectivity index (χ3n) is 6.11. The van der Waals surface area contributed by atoms with E-state index in [1.54, 1.807) is 24.3 Å². The van der Waals surface area contributed by atoms with E-state index in [4.69, 9.17) is 0 Å². The van der Waals surface area contributed by atoms with Crippen LogP contribution in [-0.2, 0) is 9.59 Å². The molecule has 33 heavy (non-hydrogen) atoms. The summed E-state index contributed by atoms with van der Waals surface area (Å²) in [4.78, 5) is 30.2. The lowest BCUT2D eigenvalue weighted by molar-refractivity contribution is -0.132. The molecule has 5 heteroatoms. The van der Waals surface area contributed by atoms with Gasteiger partial charge in [0, 0.05) is 30.0 Å². The average Bonchev–Trinajstić information content (AvgIpc) is 3.11. The van der Waals surface area contributed by atoms with Crippen molar-refractivity contribution in [2.75, 3.05) is 22.9 Å². The first kappa shape index (κ1) is 22.3. The Hall–Kier alpha value is -3.86. The molecule has 1 N–H and O–H groups in total. The molecule has 0 spiro atoms. The molecule has 168 valence electrons. The van der Waals surface area contributed by atoms with Crippen molar-refractivity contribution in [1.29, 1.82) is 0 Å². The van der Waals surface area contributed by atoms with E-state index in [-0.39, 0.29) is 11.3 Å². The fraction of sp³-hybridized carbons (Fsp3) is 0.214. The lowest BCUT2D eigenvalue weighted by Gasteiger charge is -2.27. The number of aryl methyl sites for hydroxylation is 1. The number of hydrogen-bond acceptors (Lipinski definition) is 4. The van der Waals surface area contributed by atoms with Crippen LogP contribution in [0.25, 0.3) is 5.76 Å². The zero-order valence-electron chi connectivity index (χ0n) is 19.2. The molecular formula is C28H28N2O3. The van der Waals surface area contributed by atoms with Crippen molar-refractivity contribution in [2.45, 2.75) is 26.8 Å². The second kappa shape index (κ2) is 9.33. The molecule has 0 radical (unpaired) electrons. The quantitative estimate of drug-likeness (QED) is 0.314. The number of anilines is 2. The van der Waals surface area contributed by atoms with Crippen molar-refractivity contribution in [2.24, 2.45) is 0 Å². The molecule has 0 aromatic heterocycles. The van der Waals surface area contributed by atoms with Crippen LogP contribution in [0.4, 0.5) is 11.4 Å². The predicted octanol–water partition coefficient (Wildman–Crippen LogP) is 5.47. The van der Waals surface area contributed by atoms with Crippen molar-refractivity contribution in [3.8, 4) is 0 Å². The van der Waals surface area contributed by atoms with Crippen molar-refractivity contribution >= 4 is 28.8 Å². The summed E-state index contributed by atoms with van der Waals surface area (Å²) in [5, 5.41) is 11.1. The summed E-state index contributed by atoms with van der Waals surface area (Å²) in [6.45, 7) is 7.90. The van der Waals surface area contributed by atoms with Gasteiger partial charge in [0.05, 0.1) is 11.6 Å². The first-order valence-corrected chi connectivity index (χ1v) is 11.2. The number of Topliss-reactive ketones (excluding diaryl/α,β-unsaturated/α-hetero) is 1. The first-order valence-electron chi connectivity index (χ1n) is 11.2. The Morgan fingerprint density at radius 1 is 0.909 bits per heavy atom. The summed E-state index contributed by atoms with van der Waals surface area (Å²) in [7, 11) is 0. The van der Waals surface area contributed by atoms with Crippen LogP contribution >= 0.6 is 0 Å². The number of carbonyl (C=O) groups is 2. The van der Waals surface area contributed by atoms with Gasteiger partial charge in [-0.3, -0.25) is 14.5 Å². The van der Waals surface area contributed by atoms with E-state index < -0.39 is 17.7 Å². The van der Waals surface area contributed by atoms with Gasteiger partial charge in [-0.2, -0.15) is 0 Å². The molecule has 1 heterocycles. The van der Waals surface area contributed by atoms with Gasteiger partial charge in [-0.1, -0.05) is 60.2 Å². The highest BCUT2D eigenvalue weighted by molar-refractivity contribution is 6.51. The molecule has 1 fully saturated rings. The van der Waals surface area contributed by atoms with Crippen molar-refractivity contribution in [3.63, 3.8) is 0 Å². The SMILES string of the molecule is CCN(CC)c1ccc(N2C(=O)C(=O)/C(=C(\O)c3ccccc3)C2c2cccc(C)c2)cc1. The molecule has 1 aliphatic heterocycles. The maximum absolute atomic E-state index is 13.3. The number of aliphatic hydroxyl groups excluding tert-OH is 1. The predicted molar refractivity (Wildman–Crippen MR) is 132 cm³/mol. The number of rotatable bonds is 6. The highest BCUT2D eigenvalue weighted by Crippen LogP contribution is 2.42. The molecule has 5 nitrogen and oxygen atoms in total. The van der Waals surface area contributed by atoms with E-state index in [9.17, 15) is 14.7 Å². The van der Waals surface area contributed by atoms with Gasteiger partial charge in [-0.25, -0.2) is 0 Å². The van der Waals surface area contributed by atoms with Crippen molar-refractivity contribution in [1.82, 2.24) is 0 Å². The van der Waals surface area contributed by atoms with E-state index in [0.717, 1.165) is 29.9 Å². The summed E-state index contributed by atoms with van der Waals surface area (Å²) >= 11 is 0. The summed E-state index contributed by atoms with van der Waals surface area (Å²) in [5.41, 5.74) is 4.06. The summed E-state index contributed by atoms with van der Waals surface area (Å²) in [5.74, 6) is -1.49. The Kier molecular flexibility index (Phi) is 6.31. The highest BCUT2D eigenvalue weighted by atomic mass is 16.3. The minimum absolute atomic E-state index is 0.101. The number of ketones is 1. The Morgan fingerprint density at radius 3 is 2.18 bits per heavy atom. The number of aliphatic hydroxyl groups is 1. The van der Waals surface area contributed by atoms with E-state index >= 15 is 0 Å². The summed E-state index contributed by atoms with van der Waals surface area (Å²) < 4.78 is 0. The fourth-order valence-corrected chi connectivity index (χ4v) is 4.42. The van der Waals surface area contributed by atoms with Gasteiger partial charge in [0.15, 0.2) is 0 Å². The van der Waals surface area contributed by atoms with Crippen LogP contribution in [0, 0.1) is 6.92 Å². The Morgan fingerprint density at radius 2 is 1.58 bits per heavy atom. The van der Waals surface area contributed by atoms with E-state index in [1.807, 2.05) is 61.5 Å². The molecule has 1 aliphatic rings. The Labute approximate surface area is 194 Å². The number of hydrogen-bond donors (Lipinski definition) is 1. The maximum Gasteiger partial charge on any atom is 0.300 e.